The summed E-state index contributed by atoms with van der Waals surface area (Å²) in [7, 11) is 3.23. The molecule has 0 saturated heterocycles. The van der Waals surface area contributed by atoms with Crippen LogP contribution in [0, 0.1) is 5.92 Å². The van der Waals surface area contributed by atoms with E-state index in [0.29, 0.717) is 42.6 Å². The Balaban J connectivity index is 1.74. The Bertz CT molecular complexity index is 1200. The molecular formula is C30H38N4O4. The van der Waals surface area contributed by atoms with Crippen LogP contribution in [0.15, 0.2) is 54.6 Å². The van der Waals surface area contributed by atoms with Gasteiger partial charge in [0, 0.05) is 18.7 Å². The Morgan fingerprint density at radius 2 is 1.79 bits per heavy atom. The average molecular weight is 519 g/mol. The van der Waals surface area contributed by atoms with E-state index in [2.05, 4.69) is 19.2 Å². The molecule has 202 valence electrons. The summed E-state index contributed by atoms with van der Waals surface area (Å²) >= 11 is 0. The molecule has 2 aromatic carbocycles. The lowest BCUT2D eigenvalue weighted by Crippen LogP contribution is -2.51. The fourth-order valence-electron chi connectivity index (χ4n) is 4.80. The summed E-state index contributed by atoms with van der Waals surface area (Å²) in [6, 6.07) is 16.9. The van der Waals surface area contributed by atoms with Gasteiger partial charge in [0.1, 0.15) is 17.5 Å². The van der Waals surface area contributed by atoms with Gasteiger partial charge in [-0.05, 0) is 55.7 Å². The molecule has 4 rings (SSSR count). The van der Waals surface area contributed by atoms with Crippen LogP contribution in [-0.2, 0) is 22.6 Å². The summed E-state index contributed by atoms with van der Waals surface area (Å²) in [6.45, 7) is 4.83. The number of nitrogens with zero attached hydrogens (tertiary/aromatic N) is 3. The molecule has 38 heavy (non-hydrogen) atoms. The monoisotopic (exact) mass is 518 g/mol. The van der Waals surface area contributed by atoms with Crippen molar-refractivity contribution in [2.45, 2.75) is 64.6 Å². The number of aromatic nitrogens is 2. The minimum atomic E-state index is -0.692. The van der Waals surface area contributed by atoms with Crippen LogP contribution >= 0.6 is 0 Å². The van der Waals surface area contributed by atoms with Gasteiger partial charge in [-0.2, -0.15) is 5.10 Å². The van der Waals surface area contributed by atoms with Gasteiger partial charge in [-0.1, -0.05) is 50.2 Å². The van der Waals surface area contributed by atoms with Crippen LogP contribution in [0.5, 0.6) is 11.5 Å². The maximum Gasteiger partial charge on any atom is 0.243 e. The van der Waals surface area contributed by atoms with Crippen LogP contribution in [0.1, 0.15) is 45.1 Å². The molecule has 1 heterocycles. The van der Waals surface area contributed by atoms with Gasteiger partial charge in [0.2, 0.25) is 12.3 Å². The zero-order valence-corrected chi connectivity index (χ0v) is 22.7. The molecule has 0 unspecified atom stereocenters. The summed E-state index contributed by atoms with van der Waals surface area (Å²) in [5, 5.41) is 7.99. The number of hydrogen-bond donors (Lipinski definition) is 1. The molecule has 2 amide bonds. The number of ether oxygens (including phenoxy) is 2. The Morgan fingerprint density at radius 1 is 1.11 bits per heavy atom. The number of benzene rings is 2. The molecule has 1 N–H and O–H groups in total. The molecule has 1 saturated carbocycles. The number of hydrogen-bond acceptors (Lipinski definition) is 5. The van der Waals surface area contributed by atoms with E-state index in [9.17, 15) is 9.59 Å². The molecule has 0 spiro atoms. The predicted molar refractivity (Wildman–Crippen MR) is 148 cm³/mol. The van der Waals surface area contributed by atoms with Crippen LogP contribution in [-0.4, -0.2) is 48.4 Å². The van der Waals surface area contributed by atoms with Crippen molar-refractivity contribution < 1.29 is 19.1 Å². The minimum Gasteiger partial charge on any atom is -0.496 e. The smallest absolute Gasteiger partial charge is 0.243 e. The van der Waals surface area contributed by atoms with Crippen LogP contribution in [0.4, 0.5) is 5.82 Å². The largest absolute Gasteiger partial charge is 0.496 e. The number of nitrogens with one attached hydrogen (secondary N) is 1. The van der Waals surface area contributed by atoms with Gasteiger partial charge in [-0.3, -0.25) is 19.2 Å². The second-order valence-electron chi connectivity index (χ2n) is 10.2. The highest BCUT2D eigenvalue weighted by Crippen LogP contribution is 2.40. The molecule has 0 bridgehead atoms. The van der Waals surface area contributed by atoms with Crippen molar-refractivity contribution in [2.24, 2.45) is 5.92 Å². The van der Waals surface area contributed by atoms with E-state index >= 15 is 0 Å². The molecular weight excluding hydrogens is 480 g/mol. The summed E-state index contributed by atoms with van der Waals surface area (Å²) in [5.74, 6) is 1.85. The van der Waals surface area contributed by atoms with Crippen molar-refractivity contribution in [3.8, 4) is 22.8 Å². The van der Waals surface area contributed by atoms with Crippen molar-refractivity contribution in [3.63, 3.8) is 0 Å². The zero-order valence-electron chi connectivity index (χ0n) is 22.7. The van der Waals surface area contributed by atoms with Gasteiger partial charge in [-0.15, -0.1) is 0 Å². The van der Waals surface area contributed by atoms with Gasteiger partial charge in [-0.25, -0.2) is 0 Å². The molecule has 3 aromatic rings. The first-order chi connectivity index (χ1) is 18.4. The summed E-state index contributed by atoms with van der Waals surface area (Å²) in [5.41, 5.74) is 2.63. The third-order valence-electron chi connectivity index (χ3n) is 7.01. The Hall–Kier alpha value is -3.81. The van der Waals surface area contributed by atoms with Crippen molar-refractivity contribution in [1.29, 1.82) is 0 Å². The SMILES string of the molecule is COc1cccc(OC)c1-c1cc(N(C=O)[C@@H](CCc2ccccc2)C(=O)NC2CCC2)nn1CC(C)C. The lowest BCUT2D eigenvalue weighted by atomic mass is 9.92. The van der Waals surface area contributed by atoms with Crippen LogP contribution in [0.25, 0.3) is 11.3 Å². The van der Waals surface area contributed by atoms with E-state index < -0.39 is 6.04 Å². The molecule has 1 atom stereocenters. The van der Waals surface area contributed by atoms with Gasteiger partial charge >= 0.3 is 0 Å². The van der Waals surface area contributed by atoms with Crippen molar-refractivity contribution in [3.05, 3.63) is 60.2 Å². The lowest BCUT2D eigenvalue weighted by molar-refractivity contribution is -0.125. The first-order valence-corrected chi connectivity index (χ1v) is 13.3. The first-order valence-electron chi connectivity index (χ1n) is 13.3. The normalized spacial score (nSPS) is 14.0. The van der Waals surface area contributed by atoms with Gasteiger partial charge in [0.25, 0.3) is 0 Å². The van der Waals surface area contributed by atoms with E-state index in [1.54, 1.807) is 14.2 Å². The molecule has 8 heteroatoms. The van der Waals surface area contributed by atoms with Crippen molar-refractivity contribution in [1.82, 2.24) is 15.1 Å². The maximum absolute atomic E-state index is 13.5. The molecule has 0 radical (unpaired) electrons. The second-order valence-corrected chi connectivity index (χ2v) is 10.2. The average Bonchev–Trinajstić information content (AvgIpc) is 3.30. The summed E-state index contributed by atoms with van der Waals surface area (Å²) in [4.78, 5) is 27.6. The lowest BCUT2D eigenvalue weighted by Gasteiger charge is -2.31. The fourth-order valence-corrected chi connectivity index (χ4v) is 4.80. The van der Waals surface area contributed by atoms with E-state index in [0.717, 1.165) is 42.5 Å². The number of carbonyl (C=O) groups excluding carboxylic acids is 2. The molecule has 1 aromatic heterocycles. The van der Waals surface area contributed by atoms with Crippen LogP contribution in [0.3, 0.4) is 0 Å². The van der Waals surface area contributed by atoms with E-state index in [1.165, 1.54) is 4.90 Å². The highest BCUT2D eigenvalue weighted by molar-refractivity contribution is 5.92. The molecule has 1 fully saturated rings. The third-order valence-corrected chi connectivity index (χ3v) is 7.01. The zero-order chi connectivity index (χ0) is 27.1. The first kappa shape index (κ1) is 27.2. The van der Waals surface area contributed by atoms with Crippen molar-refractivity contribution in [2.75, 3.05) is 19.1 Å². The molecule has 0 aliphatic heterocycles. The van der Waals surface area contributed by atoms with Gasteiger partial charge < -0.3 is 14.8 Å². The van der Waals surface area contributed by atoms with Crippen LogP contribution < -0.4 is 19.7 Å². The molecule has 8 nitrogen and oxygen atoms in total. The second kappa shape index (κ2) is 12.6. The van der Waals surface area contributed by atoms with Crippen molar-refractivity contribution >= 4 is 18.1 Å². The number of aryl methyl sites for hydroxylation is 1. The maximum atomic E-state index is 13.5. The number of methoxy groups -OCH3 is 2. The number of anilines is 1. The Kier molecular flexibility index (Phi) is 9.05. The van der Waals surface area contributed by atoms with Gasteiger partial charge in [0.15, 0.2) is 5.82 Å². The van der Waals surface area contributed by atoms with E-state index in [4.69, 9.17) is 14.6 Å². The summed E-state index contributed by atoms with van der Waals surface area (Å²) < 4.78 is 13.2. The molecule has 1 aliphatic rings. The minimum absolute atomic E-state index is 0.146. The third kappa shape index (κ3) is 6.18. The van der Waals surface area contributed by atoms with E-state index in [1.807, 2.05) is 59.3 Å². The predicted octanol–water partition coefficient (Wildman–Crippen LogP) is 4.86. The number of carbonyl (C=O) groups is 2. The highest BCUT2D eigenvalue weighted by Gasteiger charge is 2.32. The number of rotatable bonds is 13. The standard InChI is InChI=1S/C30H38N4O4/c1-21(2)19-34-25(29-26(37-3)14-9-15-27(29)38-4)18-28(32-34)33(20-35)24(30(36)31-23-12-8-13-23)17-16-22-10-6-5-7-11-22/h5-7,9-11,14-15,18,20-21,23-24H,8,12-13,16-17,19H2,1-4H3,(H,31,36)/t24-/m0/s1. The Morgan fingerprint density at radius 3 is 2.34 bits per heavy atom. The fraction of sp³-hybridized carbons (Fsp3) is 0.433. The topological polar surface area (TPSA) is 85.7 Å². The quantitative estimate of drug-likeness (QED) is 0.327. The highest BCUT2D eigenvalue weighted by atomic mass is 16.5. The van der Waals surface area contributed by atoms with Gasteiger partial charge in [0.05, 0.1) is 25.5 Å². The van der Waals surface area contributed by atoms with Crippen LogP contribution in [0.2, 0.25) is 0 Å². The summed E-state index contributed by atoms with van der Waals surface area (Å²) in [6.07, 6.45) is 4.92. The molecule has 1 aliphatic carbocycles. The Labute approximate surface area is 224 Å². The number of amides is 2. The van der Waals surface area contributed by atoms with E-state index in [-0.39, 0.29) is 11.9 Å².